The van der Waals surface area contributed by atoms with Crippen molar-refractivity contribution in [3.05, 3.63) is 77.2 Å². The Balaban J connectivity index is 1.99. The number of fused-ring (bicyclic) bond motifs is 1. The van der Waals surface area contributed by atoms with E-state index in [0.717, 1.165) is 11.3 Å². The fourth-order valence-corrected chi connectivity index (χ4v) is 2.41. The third-order valence-corrected chi connectivity index (χ3v) is 3.49. The zero-order valence-electron chi connectivity index (χ0n) is 11.6. The van der Waals surface area contributed by atoms with Crippen LogP contribution in [0.5, 0.6) is 0 Å². The first-order chi connectivity index (χ1) is 10.8. The zero-order chi connectivity index (χ0) is 14.9. The molecule has 2 heterocycles. The number of nitrogens with one attached hydrogen (secondary N) is 1. The SMILES string of the molecule is O=c1[nH]c(-c2ccccc2)nc2c1cnn2-c1ccccc1. The standard InChI is InChI=1S/C17H12N4O/c22-17-14-11-18-21(13-9-5-2-6-10-13)16(14)19-15(20-17)12-7-3-1-4-8-12/h1-11H,(H,19,20,22). The van der Waals surface area contributed by atoms with Crippen LogP contribution in [0.2, 0.25) is 0 Å². The maximum Gasteiger partial charge on any atom is 0.262 e. The van der Waals surface area contributed by atoms with Crippen LogP contribution in [0.3, 0.4) is 0 Å². The van der Waals surface area contributed by atoms with Gasteiger partial charge in [0.1, 0.15) is 11.2 Å². The van der Waals surface area contributed by atoms with Crippen LogP contribution >= 0.6 is 0 Å². The van der Waals surface area contributed by atoms with Crippen molar-refractivity contribution in [1.82, 2.24) is 19.7 Å². The third-order valence-electron chi connectivity index (χ3n) is 3.49. The molecule has 0 unspecified atom stereocenters. The fraction of sp³-hybridized carbons (Fsp3) is 0. The predicted octanol–water partition coefficient (Wildman–Crippen LogP) is 2.78. The molecule has 4 rings (SSSR count). The summed E-state index contributed by atoms with van der Waals surface area (Å²) in [5.41, 5.74) is 2.09. The number of hydrogen-bond acceptors (Lipinski definition) is 3. The minimum Gasteiger partial charge on any atom is -0.306 e. The van der Waals surface area contributed by atoms with Crippen molar-refractivity contribution >= 4 is 11.0 Å². The minimum atomic E-state index is -0.189. The van der Waals surface area contributed by atoms with Crippen molar-refractivity contribution in [3.63, 3.8) is 0 Å². The Morgan fingerprint density at radius 1 is 0.909 bits per heavy atom. The number of rotatable bonds is 2. The van der Waals surface area contributed by atoms with Gasteiger partial charge in [-0.3, -0.25) is 4.79 Å². The first-order valence-corrected chi connectivity index (χ1v) is 6.92. The number of benzene rings is 2. The maximum absolute atomic E-state index is 12.3. The molecule has 22 heavy (non-hydrogen) atoms. The molecule has 0 radical (unpaired) electrons. The van der Waals surface area contributed by atoms with Crippen molar-refractivity contribution < 1.29 is 0 Å². The van der Waals surface area contributed by atoms with Crippen LogP contribution in [0, 0.1) is 0 Å². The van der Waals surface area contributed by atoms with Crippen LogP contribution in [-0.2, 0) is 0 Å². The van der Waals surface area contributed by atoms with E-state index >= 15 is 0 Å². The number of aromatic amines is 1. The van der Waals surface area contributed by atoms with Gasteiger partial charge in [-0.1, -0.05) is 48.5 Å². The molecule has 0 spiro atoms. The first-order valence-electron chi connectivity index (χ1n) is 6.92. The Morgan fingerprint density at radius 3 is 2.32 bits per heavy atom. The van der Waals surface area contributed by atoms with Gasteiger partial charge < -0.3 is 4.98 Å². The number of H-pyrrole nitrogens is 1. The maximum atomic E-state index is 12.3. The largest absolute Gasteiger partial charge is 0.306 e. The van der Waals surface area contributed by atoms with E-state index in [9.17, 15) is 4.79 Å². The zero-order valence-corrected chi connectivity index (χ0v) is 11.6. The van der Waals surface area contributed by atoms with Gasteiger partial charge in [0.05, 0.1) is 11.9 Å². The van der Waals surface area contributed by atoms with Gasteiger partial charge in [-0.2, -0.15) is 5.10 Å². The lowest BCUT2D eigenvalue weighted by molar-refractivity contribution is 0.895. The highest BCUT2D eigenvalue weighted by Crippen LogP contribution is 2.18. The molecule has 0 fully saturated rings. The Hall–Kier alpha value is -3.21. The molecule has 5 heteroatoms. The highest BCUT2D eigenvalue weighted by Gasteiger charge is 2.12. The molecule has 106 valence electrons. The summed E-state index contributed by atoms with van der Waals surface area (Å²) in [7, 11) is 0. The predicted molar refractivity (Wildman–Crippen MR) is 84.9 cm³/mol. The lowest BCUT2D eigenvalue weighted by Crippen LogP contribution is -2.10. The Kier molecular flexibility index (Phi) is 2.83. The molecule has 2 aromatic heterocycles. The second-order valence-electron chi connectivity index (χ2n) is 4.91. The highest BCUT2D eigenvalue weighted by molar-refractivity contribution is 5.77. The molecule has 2 aromatic carbocycles. The second-order valence-corrected chi connectivity index (χ2v) is 4.91. The van der Waals surface area contributed by atoms with Crippen LogP contribution in [0.25, 0.3) is 28.1 Å². The van der Waals surface area contributed by atoms with E-state index in [4.69, 9.17) is 0 Å². The summed E-state index contributed by atoms with van der Waals surface area (Å²) in [5.74, 6) is 0.538. The van der Waals surface area contributed by atoms with Crippen LogP contribution < -0.4 is 5.56 Å². The molecule has 0 atom stereocenters. The van der Waals surface area contributed by atoms with Gasteiger partial charge >= 0.3 is 0 Å². The molecule has 4 aromatic rings. The fourth-order valence-electron chi connectivity index (χ4n) is 2.41. The summed E-state index contributed by atoms with van der Waals surface area (Å²) in [5, 5.41) is 4.77. The molecule has 0 aliphatic carbocycles. The molecular formula is C17H12N4O. The van der Waals surface area contributed by atoms with E-state index in [0.29, 0.717) is 16.9 Å². The van der Waals surface area contributed by atoms with Crippen LogP contribution in [-0.4, -0.2) is 19.7 Å². The molecule has 5 nitrogen and oxygen atoms in total. The minimum absolute atomic E-state index is 0.189. The lowest BCUT2D eigenvalue weighted by Gasteiger charge is -2.04. The van der Waals surface area contributed by atoms with E-state index in [1.807, 2.05) is 60.7 Å². The third kappa shape index (κ3) is 2.00. The summed E-state index contributed by atoms with van der Waals surface area (Å²) >= 11 is 0. The van der Waals surface area contributed by atoms with Gasteiger partial charge in [-0.05, 0) is 12.1 Å². The molecule has 0 aliphatic heterocycles. The molecule has 0 saturated carbocycles. The van der Waals surface area contributed by atoms with Gasteiger partial charge in [0.25, 0.3) is 5.56 Å². The Bertz CT molecular complexity index is 988. The topological polar surface area (TPSA) is 63.6 Å². The number of hydrogen-bond donors (Lipinski definition) is 1. The van der Waals surface area contributed by atoms with Crippen LogP contribution in [0.1, 0.15) is 0 Å². The van der Waals surface area contributed by atoms with E-state index in [-0.39, 0.29) is 5.56 Å². The highest BCUT2D eigenvalue weighted by atomic mass is 16.1. The van der Waals surface area contributed by atoms with E-state index < -0.39 is 0 Å². The lowest BCUT2D eigenvalue weighted by atomic mass is 10.2. The van der Waals surface area contributed by atoms with Gasteiger partial charge in [0.2, 0.25) is 0 Å². The van der Waals surface area contributed by atoms with Crippen LogP contribution in [0.15, 0.2) is 71.7 Å². The van der Waals surface area contributed by atoms with E-state index in [1.54, 1.807) is 10.9 Å². The van der Waals surface area contributed by atoms with Crippen LogP contribution in [0.4, 0.5) is 0 Å². The summed E-state index contributed by atoms with van der Waals surface area (Å²) in [6, 6.07) is 19.2. The van der Waals surface area contributed by atoms with E-state index in [1.165, 1.54) is 0 Å². The molecule has 0 aliphatic rings. The van der Waals surface area contributed by atoms with Crippen molar-refractivity contribution in [2.24, 2.45) is 0 Å². The van der Waals surface area contributed by atoms with Gasteiger partial charge in [-0.15, -0.1) is 0 Å². The molecule has 0 saturated heterocycles. The normalized spacial score (nSPS) is 10.9. The number of para-hydroxylation sites is 1. The van der Waals surface area contributed by atoms with Crippen molar-refractivity contribution in [1.29, 1.82) is 0 Å². The average molecular weight is 288 g/mol. The monoisotopic (exact) mass is 288 g/mol. The summed E-state index contributed by atoms with van der Waals surface area (Å²) < 4.78 is 1.68. The quantitative estimate of drug-likeness (QED) is 0.617. The van der Waals surface area contributed by atoms with Crippen molar-refractivity contribution in [2.45, 2.75) is 0 Å². The summed E-state index contributed by atoms with van der Waals surface area (Å²) in [6.45, 7) is 0. The smallest absolute Gasteiger partial charge is 0.262 e. The van der Waals surface area contributed by atoms with Crippen molar-refractivity contribution in [3.8, 4) is 17.1 Å². The first kappa shape index (κ1) is 12.5. The summed E-state index contributed by atoms with van der Waals surface area (Å²) in [6.07, 6.45) is 1.54. The molecule has 0 bridgehead atoms. The Labute approximate surface area is 125 Å². The van der Waals surface area contributed by atoms with E-state index in [2.05, 4.69) is 15.1 Å². The average Bonchev–Trinajstić information content (AvgIpc) is 3.01. The second kappa shape index (κ2) is 4.96. The van der Waals surface area contributed by atoms with Gasteiger partial charge in [-0.25, -0.2) is 9.67 Å². The Morgan fingerprint density at radius 2 is 1.59 bits per heavy atom. The van der Waals surface area contributed by atoms with Crippen molar-refractivity contribution in [2.75, 3.05) is 0 Å². The molecular weight excluding hydrogens is 276 g/mol. The van der Waals surface area contributed by atoms with Gasteiger partial charge in [0.15, 0.2) is 5.65 Å². The van der Waals surface area contributed by atoms with Gasteiger partial charge in [0, 0.05) is 5.56 Å². The number of nitrogens with zero attached hydrogens (tertiary/aromatic N) is 3. The summed E-state index contributed by atoms with van der Waals surface area (Å²) in [4.78, 5) is 19.7. The molecule has 1 N–H and O–H groups in total. The molecule has 0 amide bonds. The number of aromatic nitrogens is 4.